The van der Waals surface area contributed by atoms with Crippen LogP contribution in [0.5, 0.6) is 0 Å². The van der Waals surface area contributed by atoms with E-state index in [4.69, 9.17) is 21.1 Å². The Labute approximate surface area is 108 Å². The molecular formula is C11H12ClN3O3. The van der Waals surface area contributed by atoms with Crippen molar-refractivity contribution < 1.29 is 14.3 Å². The number of carbonyl (C=O) groups excluding carboxylic acids is 1. The van der Waals surface area contributed by atoms with Crippen molar-refractivity contribution in [2.24, 2.45) is 0 Å². The van der Waals surface area contributed by atoms with Gasteiger partial charge in [0.05, 0.1) is 18.9 Å². The van der Waals surface area contributed by atoms with Crippen LogP contribution in [0, 0.1) is 0 Å². The summed E-state index contributed by atoms with van der Waals surface area (Å²) in [5.74, 6) is -0.491. The molecule has 0 aromatic carbocycles. The van der Waals surface area contributed by atoms with Crippen molar-refractivity contribution in [2.75, 3.05) is 14.2 Å². The minimum atomic E-state index is -0.491. The van der Waals surface area contributed by atoms with E-state index in [2.05, 4.69) is 10.1 Å². The molecule has 2 aromatic rings. The second kappa shape index (κ2) is 4.91. The molecule has 96 valence electrons. The monoisotopic (exact) mass is 269 g/mol. The first kappa shape index (κ1) is 12.8. The first-order valence-corrected chi connectivity index (χ1v) is 5.61. The van der Waals surface area contributed by atoms with Gasteiger partial charge in [-0.3, -0.25) is 0 Å². The Morgan fingerprint density at radius 2 is 2.22 bits per heavy atom. The number of hydrogen-bond donors (Lipinski definition) is 0. The zero-order valence-corrected chi connectivity index (χ0v) is 10.9. The summed E-state index contributed by atoms with van der Waals surface area (Å²) in [6, 6.07) is 1.61. The Bertz CT molecular complexity index is 596. The molecule has 0 fully saturated rings. The molecule has 0 spiro atoms. The molecule has 0 aliphatic carbocycles. The molecule has 0 aliphatic rings. The van der Waals surface area contributed by atoms with Gasteiger partial charge in [-0.1, -0.05) is 11.6 Å². The number of aromatic nitrogens is 3. The summed E-state index contributed by atoms with van der Waals surface area (Å²) in [7, 11) is 2.85. The number of hydrogen-bond acceptors (Lipinski definition) is 5. The van der Waals surface area contributed by atoms with Crippen LogP contribution in [0.4, 0.5) is 0 Å². The van der Waals surface area contributed by atoms with Gasteiger partial charge in [-0.15, -0.1) is 0 Å². The number of methoxy groups -OCH3 is 2. The molecule has 0 N–H and O–H groups in total. The largest absolute Gasteiger partial charge is 0.465 e. The SMILES string of the molecule is COC(=O)c1cnc2cc(Cl)nn2c1[C@H](C)OC. The van der Waals surface area contributed by atoms with E-state index in [1.165, 1.54) is 17.8 Å². The van der Waals surface area contributed by atoms with E-state index >= 15 is 0 Å². The van der Waals surface area contributed by atoms with E-state index in [1.807, 2.05) is 0 Å². The van der Waals surface area contributed by atoms with Gasteiger partial charge in [0.1, 0.15) is 5.56 Å². The fourth-order valence-electron chi connectivity index (χ4n) is 1.69. The summed E-state index contributed by atoms with van der Waals surface area (Å²) in [5.41, 5.74) is 1.41. The molecule has 0 unspecified atom stereocenters. The molecule has 18 heavy (non-hydrogen) atoms. The molecular weight excluding hydrogens is 258 g/mol. The van der Waals surface area contributed by atoms with Gasteiger partial charge in [0.2, 0.25) is 0 Å². The maximum atomic E-state index is 11.7. The van der Waals surface area contributed by atoms with Crippen LogP contribution in [-0.4, -0.2) is 34.8 Å². The Kier molecular flexibility index (Phi) is 3.49. The predicted octanol–water partition coefficient (Wildman–Crippen LogP) is 1.88. The molecule has 1 atom stereocenters. The summed E-state index contributed by atoms with van der Waals surface area (Å²) in [6.07, 6.45) is 1.09. The van der Waals surface area contributed by atoms with Crippen molar-refractivity contribution in [3.8, 4) is 0 Å². The third kappa shape index (κ3) is 2.04. The third-order valence-electron chi connectivity index (χ3n) is 2.63. The van der Waals surface area contributed by atoms with Crippen LogP contribution >= 0.6 is 11.6 Å². The average Bonchev–Trinajstić information content (AvgIpc) is 2.75. The van der Waals surface area contributed by atoms with Crippen LogP contribution < -0.4 is 0 Å². The van der Waals surface area contributed by atoms with Crippen molar-refractivity contribution >= 4 is 23.2 Å². The maximum Gasteiger partial charge on any atom is 0.341 e. The summed E-state index contributed by atoms with van der Waals surface area (Å²) in [5, 5.41) is 4.39. The van der Waals surface area contributed by atoms with Crippen LogP contribution in [0.25, 0.3) is 5.65 Å². The number of halogens is 1. The first-order valence-electron chi connectivity index (χ1n) is 5.23. The number of fused-ring (bicyclic) bond motifs is 1. The Hall–Kier alpha value is -1.66. The van der Waals surface area contributed by atoms with Crippen molar-refractivity contribution in [3.63, 3.8) is 0 Å². The summed E-state index contributed by atoms with van der Waals surface area (Å²) >= 11 is 5.84. The molecule has 0 bridgehead atoms. The Balaban J connectivity index is 2.74. The van der Waals surface area contributed by atoms with Crippen molar-refractivity contribution in [3.05, 3.63) is 28.7 Å². The number of esters is 1. The van der Waals surface area contributed by atoms with Gasteiger partial charge < -0.3 is 9.47 Å². The highest BCUT2D eigenvalue weighted by Gasteiger charge is 2.22. The number of nitrogens with zero attached hydrogens (tertiary/aromatic N) is 3. The number of rotatable bonds is 3. The smallest absolute Gasteiger partial charge is 0.341 e. The molecule has 6 nitrogen and oxygen atoms in total. The van der Waals surface area contributed by atoms with E-state index in [1.54, 1.807) is 20.1 Å². The topological polar surface area (TPSA) is 65.7 Å². The second-order valence-electron chi connectivity index (χ2n) is 3.66. The molecule has 0 saturated heterocycles. The van der Waals surface area contributed by atoms with E-state index in [0.29, 0.717) is 22.1 Å². The lowest BCUT2D eigenvalue weighted by atomic mass is 10.1. The van der Waals surface area contributed by atoms with Gasteiger partial charge >= 0.3 is 5.97 Å². The highest BCUT2D eigenvalue weighted by molar-refractivity contribution is 6.29. The third-order valence-corrected chi connectivity index (χ3v) is 2.82. The highest BCUT2D eigenvalue weighted by atomic mass is 35.5. The normalized spacial score (nSPS) is 12.7. The molecule has 0 aliphatic heterocycles. The number of carbonyl (C=O) groups is 1. The van der Waals surface area contributed by atoms with Crippen molar-refractivity contribution in [2.45, 2.75) is 13.0 Å². The summed E-state index contributed by atoms with van der Waals surface area (Å²) < 4.78 is 11.5. The lowest BCUT2D eigenvalue weighted by molar-refractivity contribution is 0.0584. The fourth-order valence-corrected chi connectivity index (χ4v) is 1.87. The molecule has 2 aromatic heterocycles. The predicted molar refractivity (Wildman–Crippen MR) is 64.8 cm³/mol. The lowest BCUT2D eigenvalue weighted by Crippen LogP contribution is -2.15. The van der Waals surface area contributed by atoms with Gasteiger partial charge in [0.25, 0.3) is 0 Å². The Morgan fingerprint density at radius 1 is 1.50 bits per heavy atom. The van der Waals surface area contributed by atoms with Crippen LogP contribution in [0.15, 0.2) is 12.3 Å². The van der Waals surface area contributed by atoms with E-state index in [9.17, 15) is 4.79 Å². The average molecular weight is 270 g/mol. The van der Waals surface area contributed by atoms with Gasteiger partial charge in [0.15, 0.2) is 10.8 Å². The molecule has 2 rings (SSSR count). The van der Waals surface area contributed by atoms with E-state index < -0.39 is 5.97 Å². The van der Waals surface area contributed by atoms with Crippen LogP contribution in [0.1, 0.15) is 29.1 Å². The molecule has 7 heteroatoms. The molecule has 0 amide bonds. The fraction of sp³-hybridized carbons (Fsp3) is 0.364. The highest BCUT2D eigenvalue weighted by Crippen LogP contribution is 2.23. The summed E-state index contributed by atoms with van der Waals surface area (Å²) in [6.45, 7) is 1.80. The maximum absolute atomic E-state index is 11.7. The van der Waals surface area contributed by atoms with Gasteiger partial charge in [-0.2, -0.15) is 5.10 Å². The minimum Gasteiger partial charge on any atom is -0.465 e. The summed E-state index contributed by atoms with van der Waals surface area (Å²) in [4.78, 5) is 15.8. The molecule has 0 radical (unpaired) electrons. The van der Waals surface area contributed by atoms with Gasteiger partial charge in [0, 0.05) is 19.4 Å². The molecule has 0 saturated carbocycles. The van der Waals surface area contributed by atoms with E-state index in [-0.39, 0.29) is 6.10 Å². The zero-order valence-electron chi connectivity index (χ0n) is 10.2. The second-order valence-corrected chi connectivity index (χ2v) is 4.05. The van der Waals surface area contributed by atoms with Crippen molar-refractivity contribution in [1.29, 1.82) is 0 Å². The lowest BCUT2D eigenvalue weighted by Gasteiger charge is -2.14. The first-order chi connectivity index (χ1) is 8.58. The Morgan fingerprint density at radius 3 is 2.83 bits per heavy atom. The van der Waals surface area contributed by atoms with Gasteiger partial charge in [-0.05, 0) is 6.92 Å². The number of ether oxygens (including phenoxy) is 2. The minimum absolute atomic E-state index is 0.300. The zero-order chi connectivity index (χ0) is 13.3. The van der Waals surface area contributed by atoms with Crippen molar-refractivity contribution in [1.82, 2.24) is 14.6 Å². The quantitative estimate of drug-likeness (QED) is 0.796. The van der Waals surface area contributed by atoms with Crippen LogP contribution in [-0.2, 0) is 9.47 Å². The molecule has 2 heterocycles. The van der Waals surface area contributed by atoms with Gasteiger partial charge in [-0.25, -0.2) is 14.3 Å². The van der Waals surface area contributed by atoms with E-state index in [0.717, 1.165) is 0 Å². The van der Waals surface area contributed by atoms with Crippen LogP contribution in [0.3, 0.4) is 0 Å². The van der Waals surface area contributed by atoms with Crippen LogP contribution in [0.2, 0.25) is 5.15 Å². The standard InChI is InChI=1S/C11H12ClN3O3/c1-6(17-2)10-7(11(16)18-3)5-13-9-4-8(12)14-15(9)10/h4-6H,1-3H3/t6-/m0/s1.